The number of rotatable bonds is 6. The highest BCUT2D eigenvalue weighted by molar-refractivity contribution is 5.76. The summed E-state index contributed by atoms with van der Waals surface area (Å²) in [5, 5.41) is 3.46. The van der Waals surface area contributed by atoms with Gasteiger partial charge in [0, 0.05) is 24.6 Å². The van der Waals surface area contributed by atoms with E-state index in [9.17, 15) is 0 Å². The lowest BCUT2D eigenvalue weighted by Gasteiger charge is -2.15. The molecule has 0 bridgehead atoms. The molecule has 5 nitrogen and oxygen atoms in total. The van der Waals surface area contributed by atoms with Gasteiger partial charge >= 0.3 is 0 Å². The van der Waals surface area contributed by atoms with Crippen molar-refractivity contribution < 1.29 is 0 Å². The largest absolute Gasteiger partial charge is 0.341 e. The van der Waals surface area contributed by atoms with Crippen LogP contribution in [0.25, 0.3) is 22.6 Å². The van der Waals surface area contributed by atoms with Crippen LogP contribution in [0.4, 0.5) is 0 Å². The minimum absolute atomic E-state index is 0.447. The third-order valence-corrected chi connectivity index (χ3v) is 4.92. The second-order valence-electron chi connectivity index (χ2n) is 6.71. The van der Waals surface area contributed by atoms with E-state index in [0.717, 1.165) is 60.8 Å². The lowest BCUT2D eigenvalue weighted by Crippen LogP contribution is -2.13. The molecule has 1 aromatic carbocycles. The van der Waals surface area contributed by atoms with Crippen LogP contribution in [0.3, 0.4) is 0 Å². The lowest BCUT2D eigenvalue weighted by atomic mass is 10.1. The van der Waals surface area contributed by atoms with Crippen molar-refractivity contribution in [2.45, 2.75) is 38.6 Å². The number of aromatic nitrogens is 4. The van der Waals surface area contributed by atoms with Gasteiger partial charge in [0.15, 0.2) is 0 Å². The summed E-state index contributed by atoms with van der Waals surface area (Å²) >= 11 is 0. The average Bonchev–Trinajstić information content (AvgIpc) is 3.39. The fourth-order valence-corrected chi connectivity index (χ4v) is 3.54. The van der Waals surface area contributed by atoms with Crippen LogP contribution in [0.2, 0.25) is 0 Å². The highest BCUT2D eigenvalue weighted by atomic mass is 15.1. The maximum Gasteiger partial charge on any atom is 0.106 e. The molecule has 0 saturated carbocycles. The molecule has 130 valence electrons. The molecule has 0 amide bonds. The highest BCUT2D eigenvalue weighted by Crippen LogP contribution is 2.33. The van der Waals surface area contributed by atoms with Crippen LogP contribution in [0.1, 0.15) is 38.1 Å². The van der Waals surface area contributed by atoms with Gasteiger partial charge in [-0.15, -0.1) is 0 Å². The molecule has 1 unspecified atom stereocenters. The first-order chi connectivity index (χ1) is 12.4. The van der Waals surface area contributed by atoms with Crippen molar-refractivity contribution in [2.24, 2.45) is 0 Å². The molecule has 1 aliphatic heterocycles. The predicted molar refractivity (Wildman–Crippen MR) is 100 cm³/mol. The molecule has 1 saturated heterocycles. The summed E-state index contributed by atoms with van der Waals surface area (Å²) in [6.07, 6.45) is 8.42. The van der Waals surface area contributed by atoms with E-state index in [4.69, 9.17) is 4.98 Å². The molecule has 2 N–H and O–H groups in total. The first-order valence-electron chi connectivity index (χ1n) is 9.24. The van der Waals surface area contributed by atoms with Crippen molar-refractivity contribution in [3.63, 3.8) is 0 Å². The first kappa shape index (κ1) is 16.1. The Hall–Kier alpha value is -2.40. The van der Waals surface area contributed by atoms with E-state index >= 15 is 0 Å². The molecule has 4 rings (SSSR count). The fourth-order valence-electron chi connectivity index (χ4n) is 3.54. The summed E-state index contributed by atoms with van der Waals surface area (Å²) in [5.74, 6) is 1.06. The second-order valence-corrected chi connectivity index (χ2v) is 6.71. The molecular formula is C20H25N5. The van der Waals surface area contributed by atoms with E-state index in [1.54, 1.807) is 0 Å². The van der Waals surface area contributed by atoms with E-state index in [2.05, 4.69) is 51.0 Å². The Balaban J connectivity index is 1.77. The molecule has 0 radical (unpaired) electrons. The van der Waals surface area contributed by atoms with Gasteiger partial charge in [-0.25, -0.2) is 9.97 Å². The van der Waals surface area contributed by atoms with Gasteiger partial charge in [0.2, 0.25) is 0 Å². The molecule has 1 atom stereocenters. The summed E-state index contributed by atoms with van der Waals surface area (Å²) in [6.45, 7) is 4.27. The number of unbranched alkanes of at least 4 members (excludes halogenated alkanes) is 1. The third-order valence-electron chi connectivity index (χ3n) is 4.92. The van der Waals surface area contributed by atoms with Crippen LogP contribution in [0.5, 0.6) is 0 Å². The van der Waals surface area contributed by atoms with E-state index < -0.39 is 0 Å². The Kier molecular flexibility index (Phi) is 4.65. The molecule has 1 fully saturated rings. The van der Waals surface area contributed by atoms with E-state index in [0.29, 0.717) is 6.04 Å². The number of hydrogen-bond acceptors (Lipinski definition) is 3. The van der Waals surface area contributed by atoms with Gasteiger partial charge < -0.3 is 14.9 Å². The summed E-state index contributed by atoms with van der Waals surface area (Å²) in [4.78, 5) is 12.9. The average molecular weight is 335 g/mol. The minimum Gasteiger partial charge on any atom is -0.341 e. The Morgan fingerprint density at radius 1 is 1.20 bits per heavy atom. The third kappa shape index (κ3) is 3.24. The van der Waals surface area contributed by atoms with Gasteiger partial charge in [0.1, 0.15) is 5.82 Å². The van der Waals surface area contributed by atoms with Crippen LogP contribution in [0.15, 0.2) is 42.9 Å². The molecule has 2 aromatic heterocycles. The van der Waals surface area contributed by atoms with Gasteiger partial charge in [0.25, 0.3) is 0 Å². The molecule has 5 heteroatoms. The van der Waals surface area contributed by atoms with Crippen molar-refractivity contribution >= 4 is 0 Å². The van der Waals surface area contributed by atoms with Gasteiger partial charge in [-0.2, -0.15) is 0 Å². The number of aryl methyl sites for hydroxylation is 1. The number of H-pyrrole nitrogens is 1. The maximum absolute atomic E-state index is 4.77. The molecular weight excluding hydrogens is 310 g/mol. The van der Waals surface area contributed by atoms with Crippen LogP contribution >= 0.6 is 0 Å². The molecule has 3 heterocycles. The molecule has 3 aromatic rings. The quantitative estimate of drug-likeness (QED) is 0.720. The zero-order valence-electron chi connectivity index (χ0n) is 14.7. The fraction of sp³-hybridized carbons (Fsp3) is 0.400. The van der Waals surface area contributed by atoms with E-state index in [-0.39, 0.29) is 0 Å². The molecule has 0 aliphatic carbocycles. The lowest BCUT2D eigenvalue weighted by molar-refractivity contribution is 0.551. The first-order valence-corrected chi connectivity index (χ1v) is 9.24. The van der Waals surface area contributed by atoms with Crippen molar-refractivity contribution in [2.75, 3.05) is 13.1 Å². The van der Waals surface area contributed by atoms with Crippen molar-refractivity contribution in [1.82, 2.24) is 24.8 Å². The number of nitrogens with zero attached hydrogens (tertiary/aromatic N) is 3. The molecule has 25 heavy (non-hydrogen) atoms. The number of aromatic amines is 1. The topological polar surface area (TPSA) is 58.5 Å². The van der Waals surface area contributed by atoms with Gasteiger partial charge in [-0.3, -0.25) is 0 Å². The number of nitrogens with one attached hydrogen (secondary N) is 2. The van der Waals surface area contributed by atoms with E-state index in [1.165, 1.54) is 6.42 Å². The predicted octanol–water partition coefficient (Wildman–Crippen LogP) is 3.82. The zero-order chi connectivity index (χ0) is 17.1. The summed E-state index contributed by atoms with van der Waals surface area (Å²) in [6, 6.07) is 10.9. The Morgan fingerprint density at radius 2 is 2.08 bits per heavy atom. The smallest absolute Gasteiger partial charge is 0.106 e. The van der Waals surface area contributed by atoms with Gasteiger partial charge in [-0.1, -0.05) is 43.7 Å². The van der Waals surface area contributed by atoms with Crippen LogP contribution in [-0.2, 0) is 6.42 Å². The summed E-state index contributed by atoms with van der Waals surface area (Å²) in [7, 11) is 0. The molecule has 0 spiro atoms. The highest BCUT2D eigenvalue weighted by Gasteiger charge is 2.24. The minimum atomic E-state index is 0.447. The monoisotopic (exact) mass is 335 g/mol. The summed E-state index contributed by atoms with van der Waals surface area (Å²) < 4.78 is 2.32. The SMILES string of the molecule is CCCCc1ncc(-c2c(-c3ccccc3)ncn2C2CCNC2)[nH]1. The Bertz CT molecular complexity index is 812. The molecule has 1 aliphatic rings. The van der Waals surface area contributed by atoms with Gasteiger partial charge in [-0.05, 0) is 19.4 Å². The summed E-state index contributed by atoms with van der Waals surface area (Å²) in [5.41, 5.74) is 4.38. The Labute approximate surface area is 148 Å². The van der Waals surface area contributed by atoms with Crippen molar-refractivity contribution in [3.8, 4) is 22.6 Å². The Morgan fingerprint density at radius 3 is 2.84 bits per heavy atom. The van der Waals surface area contributed by atoms with Crippen molar-refractivity contribution in [1.29, 1.82) is 0 Å². The maximum atomic E-state index is 4.77. The number of benzene rings is 1. The van der Waals surface area contributed by atoms with Gasteiger partial charge in [0.05, 0.1) is 29.6 Å². The van der Waals surface area contributed by atoms with Crippen molar-refractivity contribution in [3.05, 3.63) is 48.7 Å². The van der Waals surface area contributed by atoms with Crippen LogP contribution in [0, 0.1) is 0 Å². The normalized spacial score (nSPS) is 17.2. The van der Waals surface area contributed by atoms with Crippen LogP contribution < -0.4 is 5.32 Å². The second kappa shape index (κ2) is 7.23. The standard InChI is InChI=1S/C20H25N5/c1-2-3-9-18-22-13-17(24-18)20-19(15-7-5-4-6-8-15)23-14-25(20)16-10-11-21-12-16/h4-8,13-14,16,21H,2-3,9-12H2,1H3,(H,22,24). The number of imidazole rings is 2. The van der Waals surface area contributed by atoms with Crippen LogP contribution in [-0.4, -0.2) is 32.6 Å². The number of hydrogen-bond donors (Lipinski definition) is 2. The van der Waals surface area contributed by atoms with E-state index in [1.807, 2.05) is 18.6 Å². The zero-order valence-corrected chi connectivity index (χ0v) is 14.7.